The molecule has 0 unspecified atom stereocenters. The van der Waals surface area contributed by atoms with Crippen LogP contribution in [0, 0.1) is 0 Å². The Morgan fingerprint density at radius 2 is 1.94 bits per heavy atom. The van der Waals surface area contributed by atoms with E-state index >= 15 is 0 Å². The lowest BCUT2D eigenvalue weighted by Gasteiger charge is -2.09. The number of benzene rings is 1. The van der Waals surface area contributed by atoms with E-state index < -0.39 is 0 Å². The lowest BCUT2D eigenvalue weighted by molar-refractivity contribution is 0.861. The maximum atomic E-state index is 4.51. The molecular weight excluding hydrogens is 208 g/mol. The first-order valence-electron chi connectivity index (χ1n) is 6.02. The van der Waals surface area contributed by atoms with Crippen LogP contribution in [0.3, 0.4) is 0 Å². The topological polar surface area (TPSA) is 17.8 Å². The molecule has 86 valence electrons. The fourth-order valence-corrected chi connectivity index (χ4v) is 2.59. The molecule has 0 saturated carbocycles. The van der Waals surface area contributed by atoms with Crippen molar-refractivity contribution < 1.29 is 0 Å². The molecule has 0 fully saturated rings. The van der Waals surface area contributed by atoms with Gasteiger partial charge < -0.3 is 4.57 Å². The number of hydrogen-bond acceptors (Lipinski definition) is 1. The van der Waals surface area contributed by atoms with Gasteiger partial charge >= 0.3 is 0 Å². The predicted octanol–water partition coefficient (Wildman–Crippen LogP) is 3.85. The summed E-state index contributed by atoms with van der Waals surface area (Å²) in [6, 6.07) is 10.6. The van der Waals surface area contributed by atoms with Gasteiger partial charge in [0.2, 0.25) is 0 Å². The summed E-state index contributed by atoms with van der Waals surface area (Å²) in [4.78, 5) is 4.51. The van der Waals surface area contributed by atoms with Crippen molar-refractivity contribution in [3.8, 4) is 0 Å². The molecule has 3 aromatic rings. The summed E-state index contributed by atoms with van der Waals surface area (Å²) in [6.07, 6.45) is 1.86. The molecule has 0 aliphatic carbocycles. The average molecular weight is 224 g/mol. The number of para-hydroxylation sites is 1. The van der Waals surface area contributed by atoms with Crippen LogP contribution in [0.1, 0.15) is 25.3 Å². The first-order chi connectivity index (χ1) is 8.20. The van der Waals surface area contributed by atoms with Gasteiger partial charge in [0.15, 0.2) is 0 Å². The Kier molecular flexibility index (Phi) is 2.18. The Hall–Kier alpha value is -1.83. The van der Waals surface area contributed by atoms with Gasteiger partial charge in [-0.3, -0.25) is 4.98 Å². The molecule has 2 heteroatoms. The van der Waals surface area contributed by atoms with Gasteiger partial charge in [-0.1, -0.05) is 32.0 Å². The number of aromatic nitrogens is 2. The zero-order valence-electron chi connectivity index (χ0n) is 10.4. The summed E-state index contributed by atoms with van der Waals surface area (Å²) in [5, 5.41) is 1.26. The Bertz CT molecular complexity index is 693. The van der Waals surface area contributed by atoms with Gasteiger partial charge in [0.25, 0.3) is 0 Å². The fraction of sp³-hybridized carbons (Fsp3) is 0.267. The Morgan fingerprint density at radius 3 is 2.71 bits per heavy atom. The highest BCUT2D eigenvalue weighted by atomic mass is 15.0. The van der Waals surface area contributed by atoms with Crippen LogP contribution < -0.4 is 0 Å². The van der Waals surface area contributed by atoms with E-state index in [2.05, 4.69) is 54.7 Å². The molecule has 0 atom stereocenters. The predicted molar refractivity (Wildman–Crippen MR) is 72.3 cm³/mol. The van der Waals surface area contributed by atoms with E-state index in [-0.39, 0.29) is 0 Å². The summed E-state index contributed by atoms with van der Waals surface area (Å²) in [6.45, 7) is 4.47. The number of pyridine rings is 1. The second-order valence-corrected chi connectivity index (χ2v) is 4.83. The van der Waals surface area contributed by atoms with Gasteiger partial charge in [-0.15, -0.1) is 0 Å². The Balaban J connectivity index is 2.57. The second-order valence-electron chi connectivity index (χ2n) is 4.83. The zero-order chi connectivity index (χ0) is 12.0. The van der Waals surface area contributed by atoms with Crippen LogP contribution in [0.25, 0.3) is 21.9 Å². The number of rotatable bonds is 1. The van der Waals surface area contributed by atoms with E-state index in [0.717, 1.165) is 5.52 Å². The molecule has 2 nitrogen and oxygen atoms in total. The van der Waals surface area contributed by atoms with Crippen LogP contribution in [-0.4, -0.2) is 9.55 Å². The summed E-state index contributed by atoms with van der Waals surface area (Å²) < 4.78 is 2.26. The summed E-state index contributed by atoms with van der Waals surface area (Å²) in [7, 11) is 2.12. The quantitative estimate of drug-likeness (QED) is 0.614. The first kappa shape index (κ1) is 10.3. The second kappa shape index (κ2) is 3.59. The maximum absolute atomic E-state index is 4.51. The van der Waals surface area contributed by atoms with Crippen LogP contribution in [0.5, 0.6) is 0 Å². The van der Waals surface area contributed by atoms with Crippen molar-refractivity contribution in [3.63, 3.8) is 0 Å². The van der Waals surface area contributed by atoms with Crippen LogP contribution in [-0.2, 0) is 7.05 Å². The summed E-state index contributed by atoms with van der Waals surface area (Å²) in [5.74, 6) is 0.529. The van der Waals surface area contributed by atoms with E-state index in [1.54, 1.807) is 0 Å². The lowest BCUT2D eigenvalue weighted by Crippen LogP contribution is -1.94. The Labute approximate surface area is 101 Å². The molecule has 0 aliphatic rings. The molecule has 3 rings (SSSR count). The molecule has 17 heavy (non-hydrogen) atoms. The van der Waals surface area contributed by atoms with E-state index in [1.807, 2.05) is 12.3 Å². The number of hydrogen-bond donors (Lipinski definition) is 0. The van der Waals surface area contributed by atoms with Gasteiger partial charge in [0, 0.05) is 18.6 Å². The minimum Gasteiger partial charge on any atom is -0.342 e. The summed E-state index contributed by atoms with van der Waals surface area (Å²) in [5.41, 5.74) is 5.02. The minimum atomic E-state index is 0.529. The largest absolute Gasteiger partial charge is 0.342 e. The van der Waals surface area contributed by atoms with Crippen molar-refractivity contribution in [2.24, 2.45) is 7.05 Å². The number of fused-ring (bicyclic) bond motifs is 3. The molecule has 0 N–H and O–H groups in total. The van der Waals surface area contributed by atoms with Crippen LogP contribution in [0.15, 0.2) is 36.5 Å². The van der Waals surface area contributed by atoms with E-state index in [0.29, 0.717) is 5.92 Å². The van der Waals surface area contributed by atoms with E-state index in [1.165, 1.54) is 22.0 Å². The highest BCUT2D eigenvalue weighted by Crippen LogP contribution is 2.31. The first-order valence-corrected chi connectivity index (χ1v) is 6.02. The van der Waals surface area contributed by atoms with Gasteiger partial charge in [-0.05, 0) is 23.6 Å². The average Bonchev–Trinajstić information content (AvgIpc) is 2.64. The highest BCUT2D eigenvalue weighted by molar-refractivity contribution is 6.06. The monoisotopic (exact) mass is 224 g/mol. The third-order valence-electron chi connectivity index (χ3n) is 3.43. The molecule has 0 spiro atoms. The third kappa shape index (κ3) is 1.37. The number of nitrogens with zero attached hydrogens (tertiary/aromatic N) is 2. The van der Waals surface area contributed by atoms with Gasteiger partial charge in [-0.25, -0.2) is 0 Å². The van der Waals surface area contributed by atoms with Crippen molar-refractivity contribution in [3.05, 3.63) is 42.1 Å². The summed E-state index contributed by atoms with van der Waals surface area (Å²) >= 11 is 0. The lowest BCUT2D eigenvalue weighted by atomic mass is 10.0. The van der Waals surface area contributed by atoms with E-state index in [4.69, 9.17) is 0 Å². The van der Waals surface area contributed by atoms with Gasteiger partial charge in [0.1, 0.15) is 0 Å². The van der Waals surface area contributed by atoms with E-state index in [9.17, 15) is 0 Å². The molecule has 1 aromatic carbocycles. The van der Waals surface area contributed by atoms with Crippen molar-refractivity contribution in [2.45, 2.75) is 19.8 Å². The molecular formula is C15H16N2. The van der Waals surface area contributed by atoms with Crippen molar-refractivity contribution >= 4 is 21.9 Å². The number of aryl methyl sites for hydroxylation is 1. The smallest absolute Gasteiger partial charge is 0.0959 e. The van der Waals surface area contributed by atoms with Crippen molar-refractivity contribution in [1.29, 1.82) is 0 Å². The van der Waals surface area contributed by atoms with Crippen LogP contribution in [0.4, 0.5) is 0 Å². The molecule has 2 heterocycles. The SMILES string of the molecule is CC(C)c1cccc2c3ncccc3n(C)c12. The van der Waals surface area contributed by atoms with Crippen LogP contribution in [0.2, 0.25) is 0 Å². The molecule has 0 bridgehead atoms. The molecule has 2 aromatic heterocycles. The molecule has 0 saturated heterocycles. The molecule has 0 aliphatic heterocycles. The standard InChI is InChI=1S/C15H16N2/c1-10(2)11-6-4-7-12-14-13(8-5-9-16-14)17(3)15(11)12/h4-10H,1-3H3. The minimum absolute atomic E-state index is 0.529. The zero-order valence-corrected chi connectivity index (χ0v) is 10.4. The highest BCUT2D eigenvalue weighted by Gasteiger charge is 2.13. The Morgan fingerprint density at radius 1 is 1.12 bits per heavy atom. The fourth-order valence-electron chi connectivity index (χ4n) is 2.59. The van der Waals surface area contributed by atoms with Crippen molar-refractivity contribution in [2.75, 3.05) is 0 Å². The third-order valence-corrected chi connectivity index (χ3v) is 3.43. The van der Waals surface area contributed by atoms with Gasteiger partial charge in [0.05, 0.1) is 16.6 Å². The van der Waals surface area contributed by atoms with Gasteiger partial charge in [-0.2, -0.15) is 0 Å². The normalized spacial score (nSPS) is 11.8. The van der Waals surface area contributed by atoms with Crippen LogP contribution >= 0.6 is 0 Å². The molecule has 0 radical (unpaired) electrons. The maximum Gasteiger partial charge on any atom is 0.0959 e. The molecule has 0 amide bonds. The van der Waals surface area contributed by atoms with Crippen molar-refractivity contribution in [1.82, 2.24) is 9.55 Å².